The van der Waals surface area contributed by atoms with Gasteiger partial charge in [-0.25, -0.2) is 0 Å². The Morgan fingerprint density at radius 3 is 1.35 bits per heavy atom. The molecule has 0 aromatic carbocycles. The van der Waals surface area contributed by atoms with Crippen molar-refractivity contribution >= 4 is 15.8 Å². The predicted octanol–water partition coefficient (Wildman–Crippen LogP) is 7.21. The van der Waals surface area contributed by atoms with Gasteiger partial charge in [0.05, 0.1) is 0 Å². The lowest BCUT2D eigenvalue weighted by Gasteiger charge is -2.41. The van der Waals surface area contributed by atoms with Crippen LogP contribution in [-0.2, 0) is 0 Å². The zero-order valence-corrected chi connectivity index (χ0v) is 19.8. The van der Waals surface area contributed by atoms with Crippen LogP contribution >= 0.6 is 15.8 Å². The van der Waals surface area contributed by atoms with Crippen molar-refractivity contribution in [2.75, 3.05) is 12.7 Å². The van der Waals surface area contributed by atoms with Gasteiger partial charge < -0.3 is 5.32 Å². The van der Waals surface area contributed by atoms with Crippen LogP contribution in [0.3, 0.4) is 0 Å². The van der Waals surface area contributed by atoms with Crippen LogP contribution in [0.15, 0.2) is 12.0 Å². The normalized spacial score (nSPS) is 15.0. The fourth-order valence-electron chi connectivity index (χ4n) is 3.52. The third kappa shape index (κ3) is 8.88. The Balaban J connectivity index is 4.70. The summed E-state index contributed by atoms with van der Waals surface area (Å²) >= 11 is 0. The number of hydrogen-bond acceptors (Lipinski definition) is 1. The van der Waals surface area contributed by atoms with Crippen LogP contribution in [0.2, 0.25) is 0 Å². The lowest BCUT2D eigenvalue weighted by Crippen LogP contribution is -2.29. The molecule has 0 radical (unpaired) electrons. The van der Waals surface area contributed by atoms with Crippen molar-refractivity contribution < 1.29 is 0 Å². The summed E-state index contributed by atoms with van der Waals surface area (Å²) < 4.78 is 0. The monoisotopic (exact) mass is 359 g/mol. The van der Waals surface area contributed by atoms with Crippen molar-refractivity contribution in [3.05, 3.63) is 12.0 Å². The molecule has 0 amide bonds. The Bertz CT molecular complexity index is 344. The highest BCUT2D eigenvalue weighted by atomic mass is 31.1. The zero-order valence-electron chi connectivity index (χ0n) is 18.0. The predicted molar refractivity (Wildman–Crippen MR) is 115 cm³/mol. The van der Waals surface area contributed by atoms with Crippen molar-refractivity contribution in [1.82, 2.24) is 5.32 Å². The molecule has 0 fully saturated rings. The van der Waals surface area contributed by atoms with E-state index in [2.05, 4.69) is 100 Å². The third-order valence-corrected chi connectivity index (χ3v) is 11.1. The van der Waals surface area contributed by atoms with Crippen LogP contribution in [0.4, 0.5) is 0 Å². The third-order valence-electron chi connectivity index (χ3n) is 3.89. The van der Waals surface area contributed by atoms with Crippen molar-refractivity contribution in [3.63, 3.8) is 0 Å². The molecule has 23 heavy (non-hydrogen) atoms. The van der Waals surface area contributed by atoms with Crippen LogP contribution in [-0.4, -0.2) is 33.3 Å². The largest absolute Gasteiger partial charge is 0.391 e. The van der Waals surface area contributed by atoms with Crippen molar-refractivity contribution in [2.45, 2.75) is 104 Å². The molecular weight excluding hydrogens is 316 g/mol. The lowest BCUT2D eigenvalue weighted by molar-refractivity contribution is 0.699. The first-order valence-electron chi connectivity index (χ1n) is 8.94. The smallest absolute Gasteiger partial charge is 0.0181 e. The van der Waals surface area contributed by atoms with E-state index in [1.165, 1.54) is 6.16 Å². The van der Waals surface area contributed by atoms with Gasteiger partial charge in [-0.05, 0) is 38.8 Å². The minimum atomic E-state index is -0.158. The van der Waals surface area contributed by atoms with Gasteiger partial charge in [0.1, 0.15) is 0 Å². The summed E-state index contributed by atoms with van der Waals surface area (Å²) in [6, 6.07) is 0. The SMILES string of the molecule is CC(C)(C)P(/C=C/NCCP(C(C)(C)C)C(C)(C)C)C(C)(C)C. The molecule has 0 aromatic heterocycles. The highest BCUT2D eigenvalue weighted by molar-refractivity contribution is 7.64. The maximum absolute atomic E-state index is 3.59. The van der Waals surface area contributed by atoms with Gasteiger partial charge in [0, 0.05) is 6.54 Å². The quantitative estimate of drug-likeness (QED) is 0.404. The molecule has 1 nitrogen and oxygen atoms in total. The summed E-state index contributed by atoms with van der Waals surface area (Å²) in [6.45, 7) is 29.7. The summed E-state index contributed by atoms with van der Waals surface area (Å²) in [7, 11) is -0.169. The minimum Gasteiger partial charge on any atom is -0.391 e. The molecule has 0 aliphatic carbocycles. The first kappa shape index (κ1) is 23.4. The van der Waals surface area contributed by atoms with E-state index in [0.29, 0.717) is 20.6 Å². The molecule has 0 saturated carbocycles. The molecule has 0 unspecified atom stereocenters. The molecular formula is C20H43NP2. The Kier molecular flexibility index (Phi) is 8.33. The zero-order chi connectivity index (χ0) is 18.7. The van der Waals surface area contributed by atoms with Crippen molar-refractivity contribution in [1.29, 1.82) is 0 Å². The molecule has 3 heteroatoms. The van der Waals surface area contributed by atoms with Gasteiger partial charge in [0.25, 0.3) is 0 Å². The second-order valence-electron chi connectivity index (χ2n) is 10.5. The summed E-state index contributed by atoms with van der Waals surface area (Å²) in [5, 5.41) is 5.14. The molecule has 138 valence electrons. The molecule has 0 atom stereocenters. The van der Waals surface area contributed by atoms with Crippen LogP contribution in [0.25, 0.3) is 0 Å². The molecule has 0 aliphatic heterocycles. The average Bonchev–Trinajstić information content (AvgIpc) is 2.19. The first-order chi connectivity index (χ1) is 9.97. The molecule has 0 spiro atoms. The van der Waals surface area contributed by atoms with Gasteiger partial charge in [-0.1, -0.05) is 98.9 Å². The van der Waals surface area contributed by atoms with E-state index in [4.69, 9.17) is 0 Å². The van der Waals surface area contributed by atoms with Gasteiger partial charge in [-0.3, -0.25) is 0 Å². The Labute approximate surface area is 150 Å². The highest BCUT2D eigenvalue weighted by Gasteiger charge is 2.34. The maximum Gasteiger partial charge on any atom is 0.0181 e. The summed E-state index contributed by atoms with van der Waals surface area (Å²) in [6.07, 6.45) is 3.52. The van der Waals surface area contributed by atoms with E-state index < -0.39 is 0 Å². The van der Waals surface area contributed by atoms with Crippen LogP contribution in [0.5, 0.6) is 0 Å². The van der Waals surface area contributed by atoms with E-state index in [0.717, 1.165) is 6.54 Å². The van der Waals surface area contributed by atoms with E-state index in [-0.39, 0.29) is 15.8 Å². The van der Waals surface area contributed by atoms with Crippen LogP contribution in [0, 0.1) is 0 Å². The van der Waals surface area contributed by atoms with Crippen molar-refractivity contribution in [2.24, 2.45) is 0 Å². The standard InChI is InChI=1S/C20H43NP2/c1-17(2,3)22(18(4,5)6)15-13-21-14-16-23(19(7,8)9)20(10,11)12/h13,15,21H,14,16H2,1-12H3/b15-13+. The highest BCUT2D eigenvalue weighted by Crippen LogP contribution is 2.60. The maximum atomic E-state index is 3.59. The average molecular weight is 360 g/mol. The molecule has 1 N–H and O–H groups in total. The second kappa shape index (κ2) is 8.19. The van der Waals surface area contributed by atoms with Crippen molar-refractivity contribution in [3.8, 4) is 0 Å². The van der Waals surface area contributed by atoms with E-state index in [1.807, 2.05) is 0 Å². The Morgan fingerprint density at radius 1 is 0.652 bits per heavy atom. The molecule has 0 bridgehead atoms. The molecule has 0 aromatic rings. The van der Waals surface area contributed by atoms with Crippen LogP contribution in [0.1, 0.15) is 83.1 Å². The van der Waals surface area contributed by atoms with Gasteiger partial charge >= 0.3 is 0 Å². The Morgan fingerprint density at radius 2 is 1.04 bits per heavy atom. The van der Waals surface area contributed by atoms with Crippen LogP contribution < -0.4 is 5.32 Å². The number of hydrogen-bond donors (Lipinski definition) is 1. The Hall–Kier alpha value is 0.400. The van der Waals surface area contributed by atoms with E-state index in [1.54, 1.807) is 0 Å². The first-order valence-corrected chi connectivity index (χ1v) is 11.9. The topological polar surface area (TPSA) is 12.0 Å². The van der Waals surface area contributed by atoms with Gasteiger partial charge in [0.2, 0.25) is 0 Å². The molecule has 0 saturated heterocycles. The van der Waals surface area contributed by atoms with Gasteiger partial charge in [-0.2, -0.15) is 0 Å². The lowest BCUT2D eigenvalue weighted by atomic mass is 10.2. The number of nitrogens with one attached hydrogen (secondary N) is 1. The van der Waals surface area contributed by atoms with Gasteiger partial charge in [0.15, 0.2) is 0 Å². The summed E-state index contributed by atoms with van der Waals surface area (Å²) in [5.41, 5.74) is 0. The molecule has 0 heterocycles. The minimum absolute atomic E-state index is 0.0109. The van der Waals surface area contributed by atoms with E-state index in [9.17, 15) is 0 Å². The molecule has 0 rings (SSSR count). The fourth-order valence-corrected chi connectivity index (χ4v) is 10.4. The second-order valence-corrected chi connectivity index (χ2v) is 18.2. The van der Waals surface area contributed by atoms with Gasteiger partial charge in [-0.15, -0.1) is 0 Å². The summed E-state index contributed by atoms with van der Waals surface area (Å²) in [5.74, 6) is 2.45. The van der Waals surface area contributed by atoms with E-state index >= 15 is 0 Å². The fraction of sp³-hybridized carbons (Fsp3) is 0.900. The summed E-state index contributed by atoms with van der Waals surface area (Å²) in [4.78, 5) is 0. The molecule has 0 aliphatic rings. The number of rotatable bonds is 5.